The number of amides is 2. The Morgan fingerprint density at radius 1 is 0.897 bits per heavy atom. The van der Waals surface area contributed by atoms with Crippen LogP contribution in [0.25, 0.3) is 0 Å². The number of rotatable bonds is 6. The molecule has 1 fully saturated rings. The average Bonchev–Trinajstić information content (AvgIpc) is 3.17. The Labute approximate surface area is 171 Å². The highest BCUT2D eigenvalue weighted by Crippen LogP contribution is 2.26. The van der Waals surface area contributed by atoms with E-state index in [4.69, 9.17) is 0 Å². The first kappa shape index (κ1) is 18.9. The molecule has 0 bridgehead atoms. The van der Waals surface area contributed by atoms with E-state index in [0.717, 1.165) is 16.8 Å². The van der Waals surface area contributed by atoms with Crippen molar-refractivity contribution in [2.24, 2.45) is 5.92 Å². The maximum absolute atomic E-state index is 13.1. The largest absolute Gasteiger partial charge is 0.349 e. The number of nitrogens with zero attached hydrogens (tertiary/aromatic N) is 1. The van der Waals surface area contributed by atoms with Crippen LogP contribution in [0, 0.1) is 5.92 Å². The van der Waals surface area contributed by atoms with Gasteiger partial charge in [0.2, 0.25) is 11.8 Å². The van der Waals surface area contributed by atoms with E-state index in [1.807, 2.05) is 78.9 Å². The van der Waals surface area contributed by atoms with Crippen LogP contribution < -0.4 is 10.2 Å². The van der Waals surface area contributed by atoms with Crippen LogP contribution in [0.15, 0.2) is 91.0 Å². The lowest BCUT2D eigenvalue weighted by Gasteiger charge is -2.22. The molecule has 1 aliphatic heterocycles. The lowest BCUT2D eigenvalue weighted by atomic mass is 9.97. The first-order chi connectivity index (χ1) is 14.2. The summed E-state index contributed by atoms with van der Waals surface area (Å²) in [5.41, 5.74) is 3.07. The molecule has 1 heterocycles. The molecule has 1 N–H and O–H groups in total. The molecular weight excluding hydrogens is 360 g/mol. The Kier molecular flexibility index (Phi) is 5.71. The molecule has 0 radical (unpaired) electrons. The van der Waals surface area contributed by atoms with E-state index >= 15 is 0 Å². The number of carbonyl (C=O) groups excluding carboxylic acids is 2. The fraction of sp³-hybridized carbons (Fsp3) is 0.200. The van der Waals surface area contributed by atoms with Crippen molar-refractivity contribution in [2.45, 2.75) is 18.9 Å². The van der Waals surface area contributed by atoms with Crippen LogP contribution in [0.5, 0.6) is 0 Å². The van der Waals surface area contributed by atoms with Gasteiger partial charge in [-0.05, 0) is 29.7 Å². The van der Waals surface area contributed by atoms with Gasteiger partial charge < -0.3 is 10.2 Å². The normalized spacial score (nSPS) is 17.2. The van der Waals surface area contributed by atoms with E-state index in [1.165, 1.54) is 0 Å². The predicted molar refractivity (Wildman–Crippen MR) is 114 cm³/mol. The maximum Gasteiger partial charge on any atom is 0.227 e. The lowest BCUT2D eigenvalue weighted by molar-refractivity contribution is -0.127. The summed E-state index contributed by atoms with van der Waals surface area (Å²) in [6.07, 6.45) is 0.952. The average molecular weight is 384 g/mol. The number of benzene rings is 3. The summed E-state index contributed by atoms with van der Waals surface area (Å²) in [6, 6.07) is 29.5. The van der Waals surface area contributed by atoms with Gasteiger partial charge in [-0.1, -0.05) is 78.9 Å². The van der Waals surface area contributed by atoms with Gasteiger partial charge in [0.05, 0.1) is 12.0 Å². The highest BCUT2D eigenvalue weighted by atomic mass is 16.2. The summed E-state index contributed by atoms with van der Waals surface area (Å²) in [5.74, 6) is -0.415. The minimum absolute atomic E-state index is 0.00401. The quantitative estimate of drug-likeness (QED) is 0.694. The summed E-state index contributed by atoms with van der Waals surface area (Å²) in [5, 5.41) is 3.20. The summed E-state index contributed by atoms with van der Waals surface area (Å²) in [6.45, 7) is 0.418. The van der Waals surface area contributed by atoms with Gasteiger partial charge in [0, 0.05) is 18.7 Å². The Hall–Kier alpha value is -3.40. The minimum atomic E-state index is -0.343. The number of hydrogen-bond acceptors (Lipinski definition) is 2. The van der Waals surface area contributed by atoms with E-state index in [1.54, 1.807) is 4.90 Å². The molecule has 0 unspecified atom stereocenters. The molecular formula is C25H24N2O2. The van der Waals surface area contributed by atoms with E-state index in [-0.39, 0.29) is 30.2 Å². The molecule has 1 saturated heterocycles. The molecule has 0 aromatic heterocycles. The van der Waals surface area contributed by atoms with E-state index in [0.29, 0.717) is 13.0 Å². The third kappa shape index (κ3) is 4.54. The molecule has 1 aliphatic rings. The first-order valence-corrected chi connectivity index (χ1v) is 9.95. The summed E-state index contributed by atoms with van der Waals surface area (Å²) in [7, 11) is 0. The van der Waals surface area contributed by atoms with Crippen molar-refractivity contribution in [1.29, 1.82) is 0 Å². The van der Waals surface area contributed by atoms with Crippen LogP contribution >= 0.6 is 0 Å². The smallest absolute Gasteiger partial charge is 0.227 e. The topological polar surface area (TPSA) is 49.4 Å². The second-order valence-electron chi connectivity index (χ2n) is 7.40. The minimum Gasteiger partial charge on any atom is -0.349 e. The van der Waals surface area contributed by atoms with Gasteiger partial charge in [-0.15, -0.1) is 0 Å². The fourth-order valence-electron chi connectivity index (χ4n) is 3.82. The highest BCUT2D eigenvalue weighted by Gasteiger charge is 2.35. The molecule has 4 nitrogen and oxygen atoms in total. The molecule has 4 rings (SSSR count). The van der Waals surface area contributed by atoms with Crippen molar-refractivity contribution in [3.05, 3.63) is 102 Å². The molecule has 29 heavy (non-hydrogen) atoms. The summed E-state index contributed by atoms with van der Waals surface area (Å²) >= 11 is 0. The Morgan fingerprint density at radius 3 is 2.14 bits per heavy atom. The summed E-state index contributed by atoms with van der Waals surface area (Å²) < 4.78 is 0. The van der Waals surface area contributed by atoms with Gasteiger partial charge in [-0.2, -0.15) is 0 Å². The molecule has 2 atom stereocenters. The number of hydrogen-bond donors (Lipinski definition) is 1. The van der Waals surface area contributed by atoms with Crippen molar-refractivity contribution in [3.63, 3.8) is 0 Å². The zero-order valence-electron chi connectivity index (χ0n) is 16.2. The van der Waals surface area contributed by atoms with Crippen LogP contribution in [-0.4, -0.2) is 18.4 Å². The number of para-hydroxylation sites is 1. The number of anilines is 1. The van der Waals surface area contributed by atoms with Gasteiger partial charge >= 0.3 is 0 Å². The molecule has 0 aliphatic carbocycles. The lowest BCUT2D eigenvalue weighted by Crippen LogP contribution is -2.36. The van der Waals surface area contributed by atoms with Gasteiger partial charge in [0.1, 0.15) is 0 Å². The SMILES string of the molecule is O=C(N[C@@H](Cc1ccccc1)c1ccccc1)[C@H]1CC(=O)N(c2ccccc2)C1. The van der Waals surface area contributed by atoms with E-state index < -0.39 is 0 Å². The zero-order valence-corrected chi connectivity index (χ0v) is 16.2. The highest BCUT2D eigenvalue weighted by molar-refractivity contribution is 6.00. The fourth-order valence-corrected chi connectivity index (χ4v) is 3.82. The van der Waals surface area contributed by atoms with Gasteiger partial charge in [-0.25, -0.2) is 0 Å². The third-order valence-corrected chi connectivity index (χ3v) is 5.36. The van der Waals surface area contributed by atoms with Crippen LogP contribution in [0.3, 0.4) is 0 Å². The molecule has 0 saturated carbocycles. The molecule has 3 aromatic carbocycles. The molecule has 146 valence electrons. The Morgan fingerprint density at radius 2 is 1.48 bits per heavy atom. The summed E-state index contributed by atoms with van der Waals surface area (Å²) in [4.78, 5) is 27.2. The van der Waals surface area contributed by atoms with Crippen molar-refractivity contribution in [1.82, 2.24) is 5.32 Å². The predicted octanol–water partition coefficient (Wildman–Crippen LogP) is 4.14. The van der Waals surface area contributed by atoms with Crippen molar-refractivity contribution >= 4 is 17.5 Å². The van der Waals surface area contributed by atoms with Gasteiger partial charge in [0.25, 0.3) is 0 Å². The van der Waals surface area contributed by atoms with Crippen molar-refractivity contribution in [2.75, 3.05) is 11.4 Å². The maximum atomic E-state index is 13.1. The Balaban J connectivity index is 1.49. The molecule has 3 aromatic rings. The second-order valence-corrected chi connectivity index (χ2v) is 7.40. The van der Waals surface area contributed by atoms with Gasteiger partial charge in [0.15, 0.2) is 0 Å². The first-order valence-electron chi connectivity index (χ1n) is 9.95. The molecule has 4 heteroatoms. The van der Waals surface area contributed by atoms with E-state index in [9.17, 15) is 9.59 Å². The van der Waals surface area contributed by atoms with Crippen LogP contribution in [-0.2, 0) is 16.0 Å². The standard InChI is InChI=1S/C25H24N2O2/c28-24-17-21(18-27(24)22-14-8-3-9-15-22)25(29)26-23(20-12-6-2-7-13-20)16-19-10-4-1-5-11-19/h1-15,21,23H,16-18H2,(H,26,29)/t21-,23-/m0/s1. The monoisotopic (exact) mass is 384 g/mol. The number of nitrogens with one attached hydrogen (secondary N) is 1. The van der Waals surface area contributed by atoms with Crippen LogP contribution in [0.4, 0.5) is 5.69 Å². The second kappa shape index (κ2) is 8.74. The van der Waals surface area contributed by atoms with Crippen molar-refractivity contribution < 1.29 is 9.59 Å². The number of carbonyl (C=O) groups is 2. The zero-order chi connectivity index (χ0) is 20.1. The van der Waals surface area contributed by atoms with Gasteiger partial charge in [-0.3, -0.25) is 9.59 Å². The molecule has 0 spiro atoms. The van der Waals surface area contributed by atoms with E-state index in [2.05, 4.69) is 17.4 Å². The third-order valence-electron chi connectivity index (χ3n) is 5.36. The van der Waals surface area contributed by atoms with Crippen molar-refractivity contribution in [3.8, 4) is 0 Å². The Bertz CT molecular complexity index is 958. The van der Waals surface area contributed by atoms with Crippen LogP contribution in [0.2, 0.25) is 0 Å². The van der Waals surface area contributed by atoms with Crippen LogP contribution in [0.1, 0.15) is 23.6 Å². The molecule has 2 amide bonds.